The topological polar surface area (TPSA) is 97.6 Å². The Labute approximate surface area is 202 Å². The fraction of sp³-hybridized carbons (Fsp3) is 0.778. The molecule has 8 unspecified atom stereocenters. The van der Waals surface area contributed by atoms with E-state index in [4.69, 9.17) is 18.9 Å². The highest BCUT2D eigenvalue weighted by Crippen LogP contribution is 2.48. The van der Waals surface area contributed by atoms with Crippen molar-refractivity contribution in [2.24, 2.45) is 5.92 Å². The summed E-state index contributed by atoms with van der Waals surface area (Å²) in [5.41, 5.74) is 1.25. The molecule has 0 spiro atoms. The number of aliphatic hydroxyl groups excluding tert-OH is 3. The van der Waals surface area contributed by atoms with E-state index < -0.39 is 11.2 Å². The van der Waals surface area contributed by atoms with Crippen LogP contribution in [-0.4, -0.2) is 64.5 Å². The molecule has 1 aromatic rings. The van der Waals surface area contributed by atoms with Crippen LogP contribution >= 0.6 is 0 Å². The smallest absolute Gasteiger partial charge is 0.161 e. The zero-order valence-electron chi connectivity index (χ0n) is 20.2. The molecule has 4 aliphatic heterocycles. The summed E-state index contributed by atoms with van der Waals surface area (Å²) < 4.78 is 24.4. The van der Waals surface area contributed by atoms with Crippen molar-refractivity contribution in [2.45, 2.75) is 113 Å². The molecule has 4 bridgehead atoms. The molecule has 4 saturated heterocycles. The Morgan fingerprint density at radius 2 is 1.76 bits per heavy atom. The van der Waals surface area contributed by atoms with Gasteiger partial charge in [-0.3, -0.25) is 0 Å². The van der Waals surface area contributed by atoms with Crippen molar-refractivity contribution in [3.05, 3.63) is 35.4 Å². The molecule has 7 nitrogen and oxygen atoms in total. The van der Waals surface area contributed by atoms with E-state index in [-0.39, 0.29) is 43.2 Å². The lowest BCUT2D eigenvalue weighted by atomic mass is 9.72. The second-order valence-corrected chi connectivity index (χ2v) is 11.0. The third-order valence-corrected chi connectivity index (χ3v) is 8.41. The molecule has 0 saturated carbocycles. The molecule has 1 aromatic carbocycles. The summed E-state index contributed by atoms with van der Waals surface area (Å²) in [4.78, 5) is 0. The van der Waals surface area contributed by atoms with Gasteiger partial charge in [0.25, 0.3) is 0 Å². The minimum atomic E-state index is -0.442. The zero-order valence-corrected chi connectivity index (χ0v) is 20.2. The van der Waals surface area contributed by atoms with Gasteiger partial charge in [-0.2, -0.15) is 0 Å². The van der Waals surface area contributed by atoms with E-state index in [0.717, 1.165) is 37.7 Å². The third kappa shape index (κ3) is 5.07. The van der Waals surface area contributed by atoms with Crippen molar-refractivity contribution in [3.63, 3.8) is 0 Å². The minimum Gasteiger partial charge on any atom is -0.393 e. The molecule has 34 heavy (non-hydrogen) atoms. The molecule has 190 valence electrons. The number of fused-ring (bicyclic) bond motifs is 4. The molecule has 0 amide bonds. The minimum absolute atomic E-state index is 0.0163. The predicted molar refractivity (Wildman–Crippen MR) is 125 cm³/mol. The largest absolute Gasteiger partial charge is 0.393 e. The molecule has 0 aromatic heterocycles. The number of hydrogen-bond acceptors (Lipinski definition) is 7. The van der Waals surface area contributed by atoms with Crippen LogP contribution in [0.15, 0.2) is 24.3 Å². The molecule has 7 heteroatoms. The highest BCUT2D eigenvalue weighted by Gasteiger charge is 2.53. The van der Waals surface area contributed by atoms with Crippen molar-refractivity contribution in [1.29, 1.82) is 0 Å². The Morgan fingerprint density at radius 1 is 1.00 bits per heavy atom. The van der Waals surface area contributed by atoms with Gasteiger partial charge in [0.2, 0.25) is 0 Å². The average Bonchev–Trinajstić information content (AvgIpc) is 3.31. The van der Waals surface area contributed by atoms with E-state index in [9.17, 15) is 15.3 Å². The molecular formula is C27H40O7. The van der Waals surface area contributed by atoms with Crippen LogP contribution in [0.5, 0.6) is 0 Å². The van der Waals surface area contributed by atoms with Crippen LogP contribution in [0.1, 0.15) is 81.8 Å². The van der Waals surface area contributed by atoms with Gasteiger partial charge < -0.3 is 34.3 Å². The van der Waals surface area contributed by atoms with Gasteiger partial charge in [-0.05, 0) is 48.6 Å². The average molecular weight is 477 g/mol. The van der Waals surface area contributed by atoms with Crippen LogP contribution in [0, 0.1) is 5.92 Å². The lowest BCUT2D eigenvalue weighted by Crippen LogP contribution is -2.47. The highest BCUT2D eigenvalue weighted by molar-refractivity contribution is 5.26. The fourth-order valence-corrected chi connectivity index (χ4v) is 6.75. The van der Waals surface area contributed by atoms with Crippen LogP contribution in [0.25, 0.3) is 0 Å². The molecular weight excluding hydrogens is 436 g/mol. The van der Waals surface area contributed by atoms with Crippen molar-refractivity contribution >= 4 is 0 Å². The van der Waals surface area contributed by atoms with Gasteiger partial charge in [0, 0.05) is 25.7 Å². The first-order valence-electron chi connectivity index (χ1n) is 13.1. The Bertz CT molecular complexity index is 833. The predicted octanol–water partition coefficient (Wildman–Crippen LogP) is 3.38. The molecule has 5 rings (SSSR count). The molecule has 3 N–H and O–H groups in total. The highest BCUT2D eigenvalue weighted by atomic mass is 16.7. The maximum Gasteiger partial charge on any atom is 0.161 e. The van der Waals surface area contributed by atoms with Crippen LogP contribution in [0.2, 0.25) is 0 Å². The normalized spacial score (nSPS) is 38.7. The van der Waals surface area contributed by atoms with E-state index in [1.165, 1.54) is 5.56 Å². The summed E-state index contributed by atoms with van der Waals surface area (Å²) in [7, 11) is 0. The summed E-state index contributed by atoms with van der Waals surface area (Å²) in [6.45, 7) is 3.29. The third-order valence-electron chi connectivity index (χ3n) is 8.41. The number of rotatable bonds is 10. The van der Waals surface area contributed by atoms with Gasteiger partial charge in [0.05, 0.1) is 43.2 Å². The van der Waals surface area contributed by atoms with E-state index in [1.54, 1.807) is 0 Å². The van der Waals surface area contributed by atoms with Crippen LogP contribution in [0.4, 0.5) is 0 Å². The molecule has 0 aliphatic carbocycles. The Morgan fingerprint density at radius 3 is 2.56 bits per heavy atom. The lowest BCUT2D eigenvalue weighted by Gasteiger charge is -2.42. The molecule has 4 fully saturated rings. The monoisotopic (exact) mass is 476 g/mol. The molecule has 4 heterocycles. The lowest BCUT2D eigenvalue weighted by molar-refractivity contribution is -0.173. The second kappa shape index (κ2) is 10.1. The Balaban J connectivity index is 1.38. The van der Waals surface area contributed by atoms with E-state index >= 15 is 0 Å². The van der Waals surface area contributed by atoms with Crippen LogP contribution in [-0.2, 0) is 25.6 Å². The second-order valence-electron chi connectivity index (χ2n) is 11.0. The van der Waals surface area contributed by atoms with Crippen LogP contribution < -0.4 is 0 Å². The fourth-order valence-electron chi connectivity index (χ4n) is 6.75. The van der Waals surface area contributed by atoms with Crippen molar-refractivity contribution < 1.29 is 34.3 Å². The summed E-state index contributed by atoms with van der Waals surface area (Å²) in [6, 6.07) is 8.23. The van der Waals surface area contributed by atoms with Crippen molar-refractivity contribution in [1.82, 2.24) is 0 Å². The van der Waals surface area contributed by atoms with Gasteiger partial charge in [-0.15, -0.1) is 0 Å². The molecule has 8 atom stereocenters. The first-order valence-corrected chi connectivity index (χ1v) is 13.1. The summed E-state index contributed by atoms with van der Waals surface area (Å²) in [5.74, 6) is 0.485. The number of benzene rings is 1. The standard InChI is InChI=1S/C27H40O7/c1-2-4-21(27-14-23(30)12-25(34-27)32-17-27)10-20(19-6-3-5-18(9-19)15-28)7-8-26-13-22(29)11-24(33-26)31-16-26/h3,5-6,9,20-25,28-30H,2,4,7-8,10-17H2,1H3. The SMILES string of the molecule is CCCC(CC(CCC12COC(CC(O)C1)O2)c1cccc(CO)c1)C12COC(CC(O)C1)O2. The summed E-state index contributed by atoms with van der Waals surface area (Å²) in [5, 5.41) is 30.6. The Hall–Kier alpha value is -1.06. The molecule has 0 radical (unpaired) electrons. The van der Waals surface area contributed by atoms with Gasteiger partial charge in [0.15, 0.2) is 12.6 Å². The van der Waals surface area contributed by atoms with Gasteiger partial charge >= 0.3 is 0 Å². The number of ether oxygens (including phenoxy) is 4. The quantitative estimate of drug-likeness (QED) is 0.476. The van der Waals surface area contributed by atoms with Gasteiger partial charge in [-0.25, -0.2) is 0 Å². The van der Waals surface area contributed by atoms with Gasteiger partial charge in [0.1, 0.15) is 0 Å². The maximum absolute atomic E-state index is 10.5. The summed E-state index contributed by atoms with van der Waals surface area (Å²) >= 11 is 0. The number of aliphatic hydroxyl groups is 3. The van der Waals surface area contributed by atoms with Crippen molar-refractivity contribution in [3.8, 4) is 0 Å². The number of hydrogen-bond donors (Lipinski definition) is 3. The van der Waals surface area contributed by atoms with E-state index in [2.05, 4.69) is 19.1 Å². The molecule has 4 aliphatic rings. The first kappa shape index (κ1) is 24.6. The van der Waals surface area contributed by atoms with Crippen molar-refractivity contribution in [2.75, 3.05) is 13.2 Å². The first-order chi connectivity index (χ1) is 16.4. The zero-order chi connectivity index (χ0) is 23.8. The van der Waals surface area contributed by atoms with E-state index in [0.29, 0.717) is 38.9 Å². The van der Waals surface area contributed by atoms with Crippen LogP contribution in [0.3, 0.4) is 0 Å². The summed E-state index contributed by atoms with van der Waals surface area (Å²) in [6.07, 6.45) is 5.61. The maximum atomic E-state index is 10.5. The van der Waals surface area contributed by atoms with Gasteiger partial charge in [-0.1, -0.05) is 37.6 Å². The Kier molecular flexibility index (Phi) is 7.34. The van der Waals surface area contributed by atoms with E-state index in [1.807, 2.05) is 12.1 Å².